The van der Waals surface area contributed by atoms with Gasteiger partial charge in [0.2, 0.25) is 0 Å². The molecule has 6 heteroatoms. The Morgan fingerprint density at radius 2 is 1.48 bits per heavy atom. The van der Waals surface area contributed by atoms with Crippen molar-refractivity contribution >= 4 is 23.5 Å². The highest BCUT2D eigenvalue weighted by molar-refractivity contribution is 6.30. The summed E-state index contributed by atoms with van der Waals surface area (Å²) in [6.45, 7) is 0.395. The summed E-state index contributed by atoms with van der Waals surface area (Å²) in [6, 6.07) is 7.09. The number of halogens is 1. The molecule has 0 unspecified atom stereocenters. The Hall–Kier alpha value is -2.27. The number of rotatable bonds is 1. The Labute approximate surface area is 125 Å². The summed E-state index contributed by atoms with van der Waals surface area (Å²) < 4.78 is 10.2. The molecule has 0 amide bonds. The Morgan fingerprint density at radius 1 is 0.952 bits per heavy atom. The summed E-state index contributed by atoms with van der Waals surface area (Å²) in [5.41, 5.74) is 3.19. The lowest BCUT2D eigenvalue weighted by Gasteiger charge is -2.24. The van der Waals surface area contributed by atoms with Gasteiger partial charge in [-0.05, 0) is 17.7 Å². The van der Waals surface area contributed by atoms with Crippen LogP contribution in [0.3, 0.4) is 0 Å². The molecular formula is C15H10ClNO4. The van der Waals surface area contributed by atoms with Crippen molar-refractivity contribution in [3.8, 4) is 0 Å². The zero-order chi connectivity index (χ0) is 14.6. The Morgan fingerprint density at radius 3 is 2.00 bits per heavy atom. The predicted molar refractivity (Wildman–Crippen MR) is 73.3 cm³/mol. The quantitative estimate of drug-likeness (QED) is 0.799. The second-order valence-corrected chi connectivity index (χ2v) is 5.48. The van der Waals surface area contributed by atoms with E-state index in [1.54, 1.807) is 12.1 Å². The first-order valence-corrected chi connectivity index (χ1v) is 6.86. The first kappa shape index (κ1) is 12.5. The number of carbonyl (C=O) groups excluding carboxylic acids is 2. The van der Waals surface area contributed by atoms with E-state index >= 15 is 0 Å². The number of esters is 2. The lowest BCUT2D eigenvalue weighted by Crippen LogP contribution is -2.27. The minimum absolute atomic E-state index is 0.198. The summed E-state index contributed by atoms with van der Waals surface area (Å²) in [5.74, 6) is -1.26. The summed E-state index contributed by atoms with van der Waals surface area (Å²) in [4.78, 5) is 24.1. The molecule has 0 fully saturated rings. The molecule has 3 aliphatic heterocycles. The van der Waals surface area contributed by atoms with E-state index in [0.29, 0.717) is 27.6 Å². The SMILES string of the molecule is O=C1OCC2=C1C(c1ccc(Cl)cc1)C1=C(COC1=O)N2. The maximum absolute atomic E-state index is 12.0. The molecule has 1 aromatic rings. The molecule has 106 valence electrons. The van der Waals surface area contributed by atoms with Crippen molar-refractivity contribution in [1.29, 1.82) is 0 Å². The summed E-state index contributed by atoms with van der Waals surface area (Å²) in [6.07, 6.45) is 0. The van der Waals surface area contributed by atoms with Gasteiger partial charge in [-0.1, -0.05) is 23.7 Å². The van der Waals surface area contributed by atoms with E-state index in [4.69, 9.17) is 21.1 Å². The number of carbonyl (C=O) groups is 2. The van der Waals surface area contributed by atoms with Crippen molar-refractivity contribution in [2.45, 2.75) is 5.92 Å². The van der Waals surface area contributed by atoms with Crippen LogP contribution in [0.4, 0.5) is 0 Å². The maximum Gasteiger partial charge on any atom is 0.337 e. The van der Waals surface area contributed by atoms with Gasteiger partial charge in [-0.3, -0.25) is 0 Å². The average Bonchev–Trinajstić information content (AvgIpc) is 3.03. The first-order valence-electron chi connectivity index (χ1n) is 6.48. The van der Waals surface area contributed by atoms with Gasteiger partial charge < -0.3 is 14.8 Å². The molecule has 0 saturated carbocycles. The van der Waals surface area contributed by atoms with Gasteiger partial charge in [-0.2, -0.15) is 0 Å². The number of nitrogens with one attached hydrogen (secondary N) is 1. The Balaban J connectivity index is 1.89. The molecule has 5 nitrogen and oxygen atoms in total. The van der Waals surface area contributed by atoms with E-state index in [-0.39, 0.29) is 13.2 Å². The van der Waals surface area contributed by atoms with Crippen molar-refractivity contribution in [1.82, 2.24) is 5.32 Å². The highest BCUT2D eigenvalue weighted by Crippen LogP contribution is 2.43. The van der Waals surface area contributed by atoms with Gasteiger partial charge in [0.1, 0.15) is 13.2 Å². The number of ether oxygens (including phenoxy) is 2. The third-order valence-electron chi connectivity index (χ3n) is 3.87. The molecule has 0 bridgehead atoms. The molecule has 0 atom stereocenters. The molecule has 21 heavy (non-hydrogen) atoms. The van der Waals surface area contributed by atoms with Crippen LogP contribution in [-0.2, 0) is 19.1 Å². The van der Waals surface area contributed by atoms with Crippen LogP contribution in [0.2, 0.25) is 5.02 Å². The molecule has 3 heterocycles. The van der Waals surface area contributed by atoms with Crippen molar-refractivity contribution < 1.29 is 19.1 Å². The number of cyclic esters (lactones) is 2. The van der Waals surface area contributed by atoms with Crippen LogP contribution < -0.4 is 5.32 Å². The van der Waals surface area contributed by atoms with Gasteiger partial charge in [0.25, 0.3) is 0 Å². The molecule has 1 N–H and O–H groups in total. The number of dihydropyridines is 1. The highest BCUT2D eigenvalue weighted by Gasteiger charge is 2.44. The van der Waals surface area contributed by atoms with Crippen LogP contribution in [0.1, 0.15) is 11.5 Å². The van der Waals surface area contributed by atoms with Crippen molar-refractivity contribution in [3.05, 3.63) is 57.4 Å². The molecular weight excluding hydrogens is 294 g/mol. The zero-order valence-electron chi connectivity index (χ0n) is 10.8. The fourth-order valence-corrected chi connectivity index (χ4v) is 3.06. The molecule has 1 aromatic carbocycles. The van der Waals surface area contributed by atoms with Gasteiger partial charge in [-0.15, -0.1) is 0 Å². The van der Waals surface area contributed by atoms with E-state index < -0.39 is 17.9 Å². The van der Waals surface area contributed by atoms with Gasteiger partial charge in [0, 0.05) is 5.02 Å². The third-order valence-corrected chi connectivity index (χ3v) is 4.12. The molecule has 0 aliphatic carbocycles. The summed E-state index contributed by atoms with van der Waals surface area (Å²) in [5, 5.41) is 3.69. The molecule has 0 radical (unpaired) electrons. The van der Waals surface area contributed by atoms with E-state index in [1.165, 1.54) is 0 Å². The van der Waals surface area contributed by atoms with Crippen LogP contribution in [0, 0.1) is 0 Å². The number of hydrogen-bond donors (Lipinski definition) is 1. The largest absolute Gasteiger partial charge is 0.456 e. The second-order valence-electron chi connectivity index (χ2n) is 5.05. The lowest BCUT2D eigenvalue weighted by molar-refractivity contribution is -0.136. The van der Waals surface area contributed by atoms with Crippen LogP contribution in [0.25, 0.3) is 0 Å². The molecule has 0 saturated heterocycles. The van der Waals surface area contributed by atoms with E-state index in [2.05, 4.69) is 5.32 Å². The van der Waals surface area contributed by atoms with E-state index in [1.807, 2.05) is 12.1 Å². The van der Waals surface area contributed by atoms with Crippen LogP contribution in [0.5, 0.6) is 0 Å². The van der Waals surface area contributed by atoms with Crippen molar-refractivity contribution in [2.75, 3.05) is 13.2 Å². The first-order chi connectivity index (χ1) is 10.1. The molecule has 0 aromatic heterocycles. The molecule has 0 spiro atoms. The van der Waals surface area contributed by atoms with Crippen LogP contribution in [0.15, 0.2) is 46.8 Å². The van der Waals surface area contributed by atoms with E-state index in [9.17, 15) is 9.59 Å². The van der Waals surface area contributed by atoms with Gasteiger partial charge in [-0.25, -0.2) is 9.59 Å². The van der Waals surface area contributed by atoms with Crippen LogP contribution >= 0.6 is 11.6 Å². The normalized spacial score (nSPS) is 21.0. The van der Waals surface area contributed by atoms with Crippen LogP contribution in [-0.4, -0.2) is 25.2 Å². The standard InChI is InChI=1S/C15H10ClNO4/c16-8-3-1-7(2-4-8)11-12-9(5-20-14(12)18)17-10-6-21-15(19)13(10)11/h1-4,11,17H,5-6H2. The van der Waals surface area contributed by atoms with Crippen molar-refractivity contribution in [3.63, 3.8) is 0 Å². The monoisotopic (exact) mass is 303 g/mol. The number of benzene rings is 1. The predicted octanol–water partition coefficient (Wildman–Crippen LogP) is 1.65. The molecule has 4 rings (SSSR count). The fourth-order valence-electron chi connectivity index (χ4n) is 2.94. The number of hydrogen-bond acceptors (Lipinski definition) is 5. The maximum atomic E-state index is 12.0. The smallest absolute Gasteiger partial charge is 0.337 e. The Bertz CT molecular complexity index is 693. The summed E-state index contributed by atoms with van der Waals surface area (Å²) in [7, 11) is 0. The summed E-state index contributed by atoms with van der Waals surface area (Å²) >= 11 is 5.91. The lowest BCUT2D eigenvalue weighted by atomic mass is 9.81. The average molecular weight is 304 g/mol. The van der Waals surface area contributed by atoms with Gasteiger partial charge >= 0.3 is 11.9 Å². The second kappa shape index (κ2) is 4.36. The van der Waals surface area contributed by atoms with Gasteiger partial charge in [0.05, 0.1) is 28.5 Å². The molecule has 3 aliphatic rings. The fraction of sp³-hybridized carbons (Fsp3) is 0.200. The minimum atomic E-state index is -0.460. The zero-order valence-corrected chi connectivity index (χ0v) is 11.6. The van der Waals surface area contributed by atoms with E-state index in [0.717, 1.165) is 5.56 Å². The van der Waals surface area contributed by atoms with Gasteiger partial charge in [0.15, 0.2) is 0 Å². The Kier molecular flexibility index (Phi) is 2.59. The third kappa shape index (κ3) is 1.77. The minimum Gasteiger partial charge on any atom is -0.456 e. The highest BCUT2D eigenvalue weighted by atomic mass is 35.5. The van der Waals surface area contributed by atoms with Crippen molar-refractivity contribution in [2.24, 2.45) is 0 Å². The topological polar surface area (TPSA) is 64.6 Å².